The molecule has 0 amide bonds. The number of nitrogens with zero attached hydrogens (tertiary/aromatic N) is 1. The lowest BCUT2D eigenvalue weighted by Crippen LogP contribution is -1.80. The van der Waals surface area contributed by atoms with E-state index in [1.165, 1.54) is 15.6 Å². The molecule has 2 heterocycles. The average molecular weight is 211 g/mol. The molecule has 0 saturated carbocycles. The van der Waals surface area contributed by atoms with E-state index in [2.05, 4.69) is 34.6 Å². The van der Waals surface area contributed by atoms with Crippen LogP contribution in [0, 0.1) is 0 Å². The van der Waals surface area contributed by atoms with Gasteiger partial charge in [-0.3, -0.25) is 4.98 Å². The molecule has 0 aliphatic carbocycles. The molecule has 0 fully saturated rings. The molecule has 1 aromatic carbocycles. The Bertz CT molecular complexity index is 584. The Morgan fingerprint density at radius 3 is 2.87 bits per heavy atom. The lowest BCUT2D eigenvalue weighted by atomic mass is 10.1. The molecule has 0 aliphatic heterocycles. The molecule has 1 nitrogen and oxygen atoms in total. The molecule has 15 heavy (non-hydrogen) atoms. The van der Waals surface area contributed by atoms with Crippen LogP contribution in [0.3, 0.4) is 0 Å². The van der Waals surface area contributed by atoms with Gasteiger partial charge in [-0.2, -0.15) is 0 Å². The molecule has 72 valence electrons. The van der Waals surface area contributed by atoms with Crippen LogP contribution in [0.2, 0.25) is 0 Å². The summed E-state index contributed by atoms with van der Waals surface area (Å²) in [4.78, 5) is 4.34. The van der Waals surface area contributed by atoms with Gasteiger partial charge in [0.05, 0.1) is 5.69 Å². The first-order valence-electron chi connectivity index (χ1n) is 4.82. The van der Waals surface area contributed by atoms with Crippen LogP contribution in [0.25, 0.3) is 21.3 Å². The van der Waals surface area contributed by atoms with Crippen molar-refractivity contribution in [3.05, 3.63) is 54.0 Å². The van der Waals surface area contributed by atoms with Crippen molar-refractivity contribution < 1.29 is 0 Å². The summed E-state index contributed by atoms with van der Waals surface area (Å²) in [6, 6.07) is 14.6. The number of thiophene rings is 1. The van der Waals surface area contributed by atoms with E-state index in [1.54, 1.807) is 11.3 Å². The number of benzene rings is 1. The molecule has 0 atom stereocenters. The summed E-state index contributed by atoms with van der Waals surface area (Å²) in [7, 11) is 0. The molecule has 0 N–H and O–H groups in total. The van der Waals surface area contributed by atoms with Gasteiger partial charge in [0.25, 0.3) is 0 Å². The van der Waals surface area contributed by atoms with E-state index in [1.807, 2.05) is 24.4 Å². The molecule has 0 saturated heterocycles. The highest BCUT2D eigenvalue weighted by Gasteiger charge is 2.00. The normalized spacial score (nSPS) is 10.7. The Balaban J connectivity index is 2.19. The van der Waals surface area contributed by atoms with Crippen LogP contribution in [-0.4, -0.2) is 4.98 Å². The maximum atomic E-state index is 4.34. The van der Waals surface area contributed by atoms with Crippen LogP contribution < -0.4 is 0 Å². The average Bonchev–Trinajstić information content (AvgIpc) is 2.77. The van der Waals surface area contributed by atoms with Gasteiger partial charge in [0.2, 0.25) is 0 Å². The van der Waals surface area contributed by atoms with Gasteiger partial charge in [0, 0.05) is 16.5 Å². The smallest absolute Gasteiger partial charge is 0.0702 e. The molecule has 2 aromatic heterocycles. The van der Waals surface area contributed by atoms with Crippen LogP contribution >= 0.6 is 11.3 Å². The molecule has 3 aromatic rings. The van der Waals surface area contributed by atoms with Gasteiger partial charge in [-0.05, 0) is 41.1 Å². The topological polar surface area (TPSA) is 12.9 Å². The number of pyridine rings is 1. The highest BCUT2D eigenvalue weighted by Crippen LogP contribution is 2.26. The zero-order valence-electron chi connectivity index (χ0n) is 8.05. The number of fused-ring (bicyclic) bond motifs is 1. The predicted octanol–water partition coefficient (Wildman–Crippen LogP) is 3.96. The molecule has 2 heteroatoms. The molecule has 0 unspecified atom stereocenters. The Labute approximate surface area is 92.0 Å². The Morgan fingerprint density at radius 1 is 1.00 bits per heavy atom. The van der Waals surface area contributed by atoms with Crippen molar-refractivity contribution >= 4 is 21.4 Å². The van der Waals surface area contributed by atoms with Crippen LogP contribution in [0.5, 0.6) is 0 Å². The SMILES string of the molecule is c1ccc(-c2ccc3sccc3c2)nc1. The number of aromatic nitrogens is 1. The number of hydrogen-bond acceptors (Lipinski definition) is 2. The van der Waals surface area contributed by atoms with Gasteiger partial charge in [-0.15, -0.1) is 11.3 Å². The van der Waals surface area contributed by atoms with Crippen molar-refractivity contribution in [1.82, 2.24) is 4.98 Å². The van der Waals surface area contributed by atoms with E-state index >= 15 is 0 Å². The van der Waals surface area contributed by atoms with Crippen LogP contribution in [0.15, 0.2) is 54.0 Å². The number of hydrogen-bond donors (Lipinski definition) is 0. The third-order valence-corrected chi connectivity index (χ3v) is 3.31. The lowest BCUT2D eigenvalue weighted by molar-refractivity contribution is 1.33. The molecule has 3 rings (SSSR count). The quantitative estimate of drug-likeness (QED) is 0.593. The van der Waals surface area contributed by atoms with Crippen LogP contribution in [0.4, 0.5) is 0 Å². The summed E-state index contributed by atoms with van der Waals surface area (Å²) in [5.41, 5.74) is 2.21. The fourth-order valence-corrected chi connectivity index (χ4v) is 2.43. The first kappa shape index (κ1) is 8.62. The molecular formula is C13H9NS. The van der Waals surface area contributed by atoms with Crippen molar-refractivity contribution in [3.63, 3.8) is 0 Å². The van der Waals surface area contributed by atoms with Crippen molar-refractivity contribution in [1.29, 1.82) is 0 Å². The lowest BCUT2D eigenvalue weighted by Gasteiger charge is -1.99. The number of rotatable bonds is 1. The third-order valence-electron chi connectivity index (χ3n) is 2.41. The fourth-order valence-electron chi connectivity index (χ4n) is 1.66. The Hall–Kier alpha value is -1.67. The van der Waals surface area contributed by atoms with Crippen molar-refractivity contribution in [2.75, 3.05) is 0 Å². The maximum absolute atomic E-state index is 4.34. The van der Waals surface area contributed by atoms with Crippen molar-refractivity contribution in [2.24, 2.45) is 0 Å². The Kier molecular flexibility index (Phi) is 2.00. The van der Waals surface area contributed by atoms with E-state index in [-0.39, 0.29) is 0 Å². The predicted molar refractivity (Wildman–Crippen MR) is 65.1 cm³/mol. The minimum Gasteiger partial charge on any atom is -0.256 e. The van der Waals surface area contributed by atoms with Gasteiger partial charge >= 0.3 is 0 Å². The second kappa shape index (κ2) is 3.48. The fraction of sp³-hybridized carbons (Fsp3) is 0. The largest absolute Gasteiger partial charge is 0.256 e. The Morgan fingerprint density at radius 2 is 2.00 bits per heavy atom. The highest BCUT2D eigenvalue weighted by molar-refractivity contribution is 7.17. The van der Waals surface area contributed by atoms with E-state index in [0.717, 1.165) is 5.69 Å². The first-order chi connectivity index (χ1) is 7.43. The second-order valence-corrected chi connectivity index (χ2v) is 4.34. The van der Waals surface area contributed by atoms with Crippen molar-refractivity contribution in [2.45, 2.75) is 0 Å². The van der Waals surface area contributed by atoms with E-state index in [4.69, 9.17) is 0 Å². The maximum Gasteiger partial charge on any atom is 0.0702 e. The zero-order valence-corrected chi connectivity index (χ0v) is 8.87. The van der Waals surface area contributed by atoms with Gasteiger partial charge in [0.15, 0.2) is 0 Å². The summed E-state index contributed by atoms with van der Waals surface area (Å²) in [5, 5.41) is 3.41. The molecule has 0 aliphatic rings. The summed E-state index contributed by atoms with van der Waals surface area (Å²) in [5.74, 6) is 0. The summed E-state index contributed by atoms with van der Waals surface area (Å²) in [6.07, 6.45) is 1.83. The van der Waals surface area contributed by atoms with Gasteiger partial charge < -0.3 is 0 Å². The zero-order chi connectivity index (χ0) is 10.1. The standard InChI is InChI=1S/C13H9NS/c1-2-7-14-12(3-1)10-4-5-13-11(9-10)6-8-15-13/h1-9H. The molecule has 0 bridgehead atoms. The molecular weight excluding hydrogens is 202 g/mol. The third kappa shape index (κ3) is 1.53. The minimum absolute atomic E-state index is 1.03. The first-order valence-corrected chi connectivity index (χ1v) is 5.70. The summed E-state index contributed by atoms with van der Waals surface area (Å²) >= 11 is 1.77. The van der Waals surface area contributed by atoms with Crippen molar-refractivity contribution in [3.8, 4) is 11.3 Å². The van der Waals surface area contributed by atoms with Gasteiger partial charge in [-0.1, -0.05) is 12.1 Å². The second-order valence-electron chi connectivity index (χ2n) is 3.39. The monoisotopic (exact) mass is 211 g/mol. The van der Waals surface area contributed by atoms with Gasteiger partial charge in [-0.25, -0.2) is 0 Å². The molecule has 0 spiro atoms. The molecule has 0 radical (unpaired) electrons. The van der Waals surface area contributed by atoms with Crippen LogP contribution in [-0.2, 0) is 0 Å². The summed E-state index contributed by atoms with van der Waals surface area (Å²) < 4.78 is 1.33. The van der Waals surface area contributed by atoms with E-state index in [0.29, 0.717) is 0 Å². The summed E-state index contributed by atoms with van der Waals surface area (Å²) in [6.45, 7) is 0. The van der Waals surface area contributed by atoms with E-state index < -0.39 is 0 Å². The minimum atomic E-state index is 1.03. The highest BCUT2D eigenvalue weighted by atomic mass is 32.1. The van der Waals surface area contributed by atoms with Crippen LogP contribution in [0.1, 0.15) is 0 Å². The van der Waals surface area contributed by atoms with E-state index in [9.17, 15) is 0 Å². The van der Waals surface area contributed by atoms with Gasteiger partial charge in [0.1, 0.15) is 0 Å².